The van der Waals surface area contributed by atoms with E-state index in [0.717, 1.165) is 0 Å². The first kappa shape index (κ1) is 20.2. The van der Waals surface area contributed by atoms with E-state index >= 15 is 0 Å². The van der Waals surface area contributed by atoms with E-state index in [0.29, 0.717) is 46.6 Å². The number of benzene rings is 1. The van der Waals surface area contributed by atoms with Gasteiger partial charge in [-0.3, -0.25) is 14.6 Å². The Bertz CT molecular complexity index is 1120. The van der Waals surface area contributed by atoms with Gasteiger partial charge in [0.1, 0.15) is 0 Å². The average molecular weight is 395 g/mol. The summed E-state index contributed by atoms with van der Waals surface area (Å²) in [7, 11) is 2.87. The molecule has 2 aromatic heterocycles. The van der Waals surface area contributed by atoms with Gasteiger partial charge in [-0.2, -0.15) is 0 Å². The number of hydrogen-bond donors (Lipinski definition) is 1. The Morgan fingerprint density at radius 3 is 2.52 bits per heavy atom. The van der Waals surface area contributed by atoms with Crippen LogP contribution >= 0.6 is 0 Å². The highest BCUT2D eigenvalue weighted by Gasteiger charge is 2.15. The molecule has 8 heteroatoms. The molecule has 0 spiro atoms. The summed E-state index contributed by atoms with van der Waals surface area (Å²) in [4.78, 5) is 41.4. The molecule has 0 unspecified atom stereocenters. The molecule has 8 nitrogen and oxygen atoms in total. The van der Waals surface area contributed by atoms with Gasteiger partial charge in [0, 0.05) is 25.5 Å². The molecule has 2 heterocycles. The summed E-state index contributed by atoms with van der Waals surface area (Å²) in [5.74, 6) is -0.850. The lowest BCUT2D eigenvalue weighted by molar-refractivity contribution is 0.0600. The van der Waals surface area contributed by atoms with Gasteiger partial charge in [0.25, 0.3) is 11.5 Å². The molecule has 0 aliphatic rings. The van der Waals surface area contributed by atoms with Crippen LogP contribution in [0, 0.1) is 6.92 Å². The van der Waals surface area contributed by atoms with Crippen LogP contribution in [0.3, 0.4) is 0 Å². The van der Waals surface area contributed by atoms with Crippen molar-refractivity contribution in [2.24, 2.45) is 0 Å². The number of nitrogens with one attached hydrogen (secondary N) is 1. The first-order chi connectivity index (χ1) is 13.9. The predicted molar refractivity (Wildman–Crippen MR) is 108 cm³/mol. The molecule has 1 aromatic carbocycles. The van der Waals surface area contributed by atoms with E-state index in [2.05, 4.69) is 15.0 Å². The van der Waals surface area contributed by atoms with Crippen molar-refractivity contribution in [2.45, 2.75) is 13.5 Å². The normalized spacial score (nSPS) is 10.7. The number of anilines is 1. The van der Waals surface area contributed by atoms with Crippen LogP contribution in [0.25, 0.3) is 10.9 Å². The van der Waals surface area contributed by atoms with Crippen LogP contribution in [-0.4, -0.2) is 42.3 Å². The lowest BCUT2D eigenvalue weighted by Crippen LogP contribution is -2.23. The number of rotatable bonds is 6. The fourth-order valence-electron chi connectivity index (χ4n) is 2.91. The van der Waals surface area contributed by atoms with Crippen molar-refractivity contribution in [1.29, 1.82) is 0 Å². The largest absolute Gasteiger partial charge is 0.465 e. The second-order valence-electron chi connectivity index (χ2n) is 6.38. The number of aryl methyl sites for hydroxylation is 1. The van der Waals surface area contributed by atoms with Crippen molar-refractivity contribution in [2.75, 3.05) is 26.1 Å². The molecule has 150 valence electrons. The zero-order valence-electron chi connectivity index (χ0n) is 16.4. The van der Waals surface area contributed by atoms with E-state index in [1.54, 1.807) is 56.6 Å². The summed E-state index contributed by atoms with van der Waals surface area (Å²) in [6.45, 7) is 2.53. The Kier molecular flexibility index (Phi) is 6.04. The third kappa shape index (κ3) is 4.33. The molecule has 3 aromatic rings. The van der Waals surface area contributed by atoms with E-state index < -0.39 is 11.9 Å². The number of carbonyl (C=O) groups is 2. The van der Waals surface area contributed by atoms with Crippen LogP contribution in [0.15, 0.2) is 47.4 Å². The molecular weight excluding hydrogens is 374 g/mol. The van der Waals surface area contributed by atoms with Gasteiger partial charge in [0.15, 0.2) is 0 Å². The molecule has 1 amide bonds. The number of ether oxygens (including phenoxy) is 2. The summed E-state index contributed by atoms with van der Waals surface area (Å²) in [6, 6.07) is 9.62. The predicted octanol–water partition coefficient (Wildman–Crippen LogP) is 2.39. The number of methoxy groups -OCH3 is 2. The maximum atomic E-state index is 12.8. The van der Waals surface area contributed by atoms with Crippen LogP contribution in [0.5, 0.6) is 0 Å². The van der Waals surface area contributed by atoms with Crippen LogP contribution in [0.2, 0.25) is 0 Å². The Balaban J connectivity index is 1.90. The Morgan fingerprint density at radius 2 is 1.86 bits per heavy atom. The minimum Gasteiger partial charge on any atom is -0.465 e. The van der Waals surface area contributed by atoms with Crippen LogP contribution < -0.4 is 10.9 Å². The molecule has 0 fully saturated rings. The third-order valence-corrected chi connectivity index (χ3v) is 4.49. The van der Waals surface area contributed by atoms with E-state index in [1.807, 2.05) is 0 Å². The van der Waals surface area contributed by atoms with Crippen LogP contribution in [-0.2, 0) is 16.0 Å². The minimum absolute atomic E-state index is 0.233. The maximum absolute atomic E-state index is 12.8. The van der Waals surface area contributed by atoms with Crippen molar-refractivity contribution in [3.8, 4) is 0 Å². The van der Waals surface area contributed by atoms with Gasteiger partial charge in [-0.25, -0.2) is 4.79 Å². The molecule has 0 aliphatic heterocycles. The standard InChI is InChI=1S/C21H21N3O5/c1-13-16(19(25)23-15-6-4-14(5-7-15)21(27)29-3)12-17-18(22-13)8-9-24(20(17)26)10-11-28-2/h4-9,12H,10-11H2,1-3H3,(H,23,25). The van der Waals surface area contributed by atoms with Gasteiger partial charge in [-0.05, 0) is 43.3 Å². The zero-order valence-corrected chi connectivity index (χ0v) is 16.4. The third-order valence-electron chi connectivity index (χ3n) is 4.49. The molecule has 0 aliphatic carbocycles. The molecule has 0 atom stereocenters. The van der Waals surface area contributed by atoms with Crippen LogP contribution in [0.1, 0.15) is 26.4 Å². The number of nitrogens with zero attached hydrogens (tertiary/aromatic N) is 2. The molecule has 0 saturated carbocycles. The first-order valence-corrected chi connectivity index (χ1v) is 8.94. The van der Waals surface area contributed by atoms with Gasteiger partial charge >= 0.3 is 5.97 Å². The molecule has 0 radical (unpaired) electrons. The highest BCUT2D eigenvalue weighted by Crippen LogP contribution is 2.17. The summed E-state index contributed by atoms with van der Waals surface area (Å²) < 4.78 is 11.2. The van der Waals surface area contributed by atoms with E-state index in [4.69, 9.17) is 4.74 Å². The van der Waals surface area contributed by atoms with Crippen molar-refractivity contribution >= 4 is 28.5 Å². The molecular formula is C21H21N3O5. The SMILES string of the molecule is COCCn1ccc2nc(C)c(C(=O)Nc3ccc(C(=O)OC)cc3)cc2c1=O. The second kappa shape index (κ2) is 8.66. The molecule has 29 heavy (non-hydrogen) atoms. The van der Waals surface area contributed by atoms with E-state index in [-0.39, 0.29) is 5.56 Å². The van der Waals surface area contributed by atoms with Gasteiger partial charge in [0.05, 0.1) is 41.4 Å². The molecule has 0 bridgehead atoms. The van der Waals surface area contributed by atoms with Gasteiger partial charge < -0.3 is 19.4 Å². The van der Waals surface area contributed by atoms with Crippen molar-refractivity contribution in [3.63, 3.8) is 0 Å². The second-order valence-corrected chi connectivity index (χ2v) is 6.38. The highest BCUT2D eigenvalue weighted by atomic mass is 16.5. The summed E-state index contributed by atoms with van der Waals surface area (Å²) >= 11 is 0. The number of fused-ring (bicyclic) bond motifs is 1. The zero-order chi connectivity index (χ0) is 21.0. The lowest BCUT2D eigenvalue weighted by atomic mass is 10.1. The number of aromatic nitrogens is 2. The van der Waals surface area contributed by atoms with E-state index in [9.17, 15) is 14.4 Å². The van der Waals surface area contributed by atoms with Crippen molar-refractivity contribution in [1.82, 2.24) is 9.55 Å². The fourth-order valence-corrected chi connectivity index (χ4v) is 2.91. The summed E-state index contributed by atoms with van der Waals surface area (Å²) in [5.41, 5.74) is 1.99. The summed E-state index contributed by atoms with van der Waals surface area (Å²) in [5, 5.41) is 3.12. The van der Waals surface area contributed by atoms with Crippen molar-refractivity contribution < 1.29 is 19.1 Å². The fraction of sp³-hybridized carbons (Fsp3) is 0.238. The average Bonchev–Trinajstić information content (AvgIpc) is 2.73. The highest BCUT2D eigenvalue weighted by molar-refractivity contribution is 6.06. The Hall–Kier alpha value is -3.52. The maximum Gasteiger partial charge on any atom is 0.337 e. The minimum atomic E-state index is -0.456. The van der Waals surface area contributed by atoms with Crippen molar-refractivity contribution in [3.05, 3.63) is 69.8 Å². The lowest BCUT2D eigenvalue weighted by Gasteiger charge is -2.11. The molecule has 3 rings (SSSR count). The van der Waals surface area contributed by atoms with Gasteiger partial charge in [-0.1, -0.05) is 0 Å². The number of carbonyl (C=O) groups excluding carboxylic acids is 2. The first-order valence-electron chi connectivity index (χ1n) is 8.94. The number of hydrogen-bond acceptors (Lipinski definition) is 6. The molecule has 0 saturated heterocycles. The number of pyridine rings is 2. The quantitative estimate of drug-likeness (QED) is 0.644. The van der Waals surface area contributed by atoms with Gasteiger partial charge in [0.2, 0.25) is 0 Å². The smallest absolute Gasteiger partial charge is 0.337 e. The number of esters is 1. The Labute approximate surface area is 167 Å². The number of amides is 1. The molecule has 1 N–H and O–H groups in total. The van der Waals surface area contributed by atoms with Gasteiger partial charge in [-0.15, -0.1) is 0 Å². The van der Waals surface area contributed by atoms with Crippen LogP contribution in [0.4, 0.5) is 5.69 Å². The Morgan fingerprint density at radius 1 is 1.14 bits per heavy atom. The topological polar surface area (TPSA) is 99.5 Å². The van der Waals surface area contributed by atoms with E-state index in [1.165, 1.54) is 11.7 Å². The monoisotopic (exact) mass is 395 g/mol. The summed E-state index contributed by atoms with van der Waals surface area (Å²) in [6.07, 6.45) is 1.67.